The molecule has 5 nitrogen and oxygen atoms in total. The molecule has 2 fully saturated rings. The van der Waals surface area contributed by atoms with Gasteiger partial charge in [0, 0.05) is 0 Å². The molecule has 1 N–H and O–H groups in total. The van der Waals surface area contributed by atoms with Crippen LogP contribution >= 0.6 is 0 Å². The molecule has 0 aromatic carbocycles. The molecule has 4 atom stereocenters. The van der Waals surface area contributed by atoms with E-state index in [1.807, 2.05) is 0 Å². The van der Waals surface area contributed by atoms with Gasteiger partial charge in [-0.1, -0.05) is 5.92 Å². The predicted octanol–water partition coefficient (Wildman–Crippen LogP) is 0.652. The second kappa shape index (κ2) is 4.48. The molecule has 0 aromatic rings. The Morgan fingerprint density at radius 1 is 1.06 bits per heavy atom. The third-order valence-electron chi connectivity index (χ3n) is 3.02. The molecule has 2 aliphatic heterocycles. The van der Waals surface area contributed by atoms with Gasteiger partial charge in [0.15, 0.2) is 11.6 Å². The zero-order chi connectivity index (χ0) is 13.6. The molecule has 18 heavy (non-hydrogen) atoms. The number of aliphatic hydroxyl groups excluding tert-OH is 1. The Hall–Kier alpha value is -0.640. The molecule has 0 radical (unpaired) electrons. The van der Waals surface area contributed by atoms with Crippen molar-refractivity contribution in [1.82, 2.24) is 0 Å². The minimum Gasteiger partial charge on any atom is -0.388 e. The molecule has 5 heteroatoms. The van der Waals surface area contributed by atoms with Crippen LogP contribution in [0.1, 0.15) is 27.7 Å². The van der Waals surface area contributed by atoms with E-state index in [-0.39, 0.29) is 6.61 Å². The Morgan fingerprint density at radius 2 is 1.67 bits per heavy atom. The molecule has 2 heterocycles. The summed E-state index contributed by atoms with van der Waals surface area (Å²) in [5.74, 6) is 1.00. The van der Waals surface area contributed by atoms with Gasteiger partial charge in [-0.25, -0.2) is 0 Å². The number of rotatable bonds is 1. The van der Waals surface area contributed by atoms with E-state index in [1.54, 1.807) is 27.7 Å². The van der Waals surface area contributed by atoms with Crippen molar-refractivity contribution in [2.24, 2.45) is 0 Å². The molecule has 2 aliphatic rings. The smallest absolute Gasteiger partial charge is 0.165 e. The lowest BCUT2D eigenvalue weighted by molar-refractivity contribution is -0.322. The molecule has 0 spiro atoms. The largest absolute Gasteiger partial charge is 0.388 e. The third kappa shape index (κ3) is 2.68. The van der Waals surface area contributed by atoms with Gasteiger partial charge in [0.2, 0.25) is 0 Å². The van der Waals surface area contributed by atoms with Gasteiger partial charge in [-0.15, -0.1) is 6.42 Å². The van der Waals surface area contributed by atoms with Crippen LogP contribution in [0, 0.1) is 12.3 Å². The first-order valence-electron chi connectivity index (χ1n) is 6.06. The fourth-order valence-electron chi connectivity index (χ4n) is 2.27. The van der Waals surface area contributed by atoms with Gasteiger partial charge in [-0.3, -0.25) is 0 Å². The van der Waals surface area contributed by atoms with Crippen LogP contribution in [0.3, 0.4) is 0 Å². The number of aliphatic hydroxyl groups is 1. The normalized spacial score (nSPS) is 42.4. The van der Waals surface area contributed by atoms with E-state index in [1.165, 1.54) is 0 Å². The molecule has 2 saturated heterocycles. The van der Waals surface area contributed by atoms with Gasteiger partial charge < -0.3 is 24.1 Å². The van der Waals surface area contributed by atoms with Gasteiger partial charge >= 0.3 is 0 Å². The van der Waals surface area contributed by atoms with E-state index >= 15 is 0 Å². The monoisotopic (exact) mass is 256 g/mol. The van der Waals surface area contributed by atoms with Crippen molar-refractivity contribution in [1.29, 1.82) is 0 Å². The van der Waals surface area contributed by atoms with E-state index in [4.69, 9.17) is 25.4 Å². The number of hydrogen-bond acceptors (Lipinski definition) is 5. The van der Waals surface area contributed by atoms with Crippen molar-refractivity contribution in [2.45, 2.75) is 63.7 Å². The number of terminal acetylenes is 1. The van der Waals surface area contributed by atoms with Crippen LogP contribution in [-0.2, 0) is 18.9 Å². The van der Waals surface area contributed by atoms with Crippen LogP contribution in [0.15, 0.2) is 0 Å². The maximum atomic E-state index is 9.99. The van der Waals surface area contributed by atoms with Crippen LogP contribution in [0.25, 0.3) is 0 Å². The highest BCUT2D eigenvalue weighted by Crippen LogP contribution is 2.35. The lowest BCUT2D eigenvalue weighted by atomic mass is 10.0. The topological polar surface area (TPSA) is 57.2 Å². The van der Waals surface area contributed by atoms with Crippen LogP contribution in [0.5, 0.6) is 0 Å². The van der Waals surface area contributed by atoms with Crippen molar-refractivity contribution < 1.29 is 24.1 Å². The third-order valence-corrected chi connectivity index (χ3v) is 3.02. The van der Waals surface area contributed by atoms with E-state index in [9.17, 15) is 5.11 Å². The Bertz CT molecular complexity index is 357. The van der Waals surface area contributed by atoms with Crippen LogP contribution in [0.2, 0.25) is 0 Å². The molecular weight excluding hydrogens is 236 g/mol. The first-order chi connectivity index (χ1) is 8.24. The average molecular weight is 256 g/mol. The number of hydrogen-bond donors (Lipinski definition) is 1. The predicted molar refractivity (Wildman–Crippen MR) is 63.6 cm³/mol. The summed E-state index contributed by atoms with van der Waals surface area (Å²) in [5, 5.41) is 9.99. The van der Waals surface area contributed by atoms with E-state index < -0.39 is 36.0 Å². The average Bonchev–Trinajstić information content (AvgIpc) is 2.57. The summed E-state index contributed by atoms with van der Waals surface area (Å²) in [7, 11) is 0. The van der Waals surface area contributed by atoms with Crippen molar-refractivity contribution in [3.63, 3.8) is 0 Å². The van der Waals surface area contributed by atoms with Crippen molar-refractivity contribution in [2.75, 3.05) is 6.61 Å². The first kappa shape index (κ1) is 13.8. The van der Waals surface area contributed by atoms with E-state index in [0.717, 1.165) is 0 Å². The highest BCUT2D eigenvalue weighted by atomic mass is 16.8. The standard InChI is InChI=1S/C13H20O5/c1-6-9-11(18-13(4,5)16-9)10-8(14)7-15-12(2,3)17-10/h1,8-11,14H,7H2,2-5H3/t8-,9+,10-,11-/m1/s1. The Kier molecular flexibility index (Phi) is 3.43. The fraction of sp³-hybridized carbons (Fsp3) is 0.846. The van der Waals surface area contributed by atoms with Crippen LogP contribution < -0.4 is 0 Å². The minimum absolute atomic E-state index is 0.190. The van der Waals surface area contributed by atoms with Crippen molar-refractivity contribution >= 4 is 0 Å². The molecule has 0 unspecified atom stereocenters. The molecule has 102 valence electrons. The van der Waals surface area contributed by atoms with Gasteiger partial charge in [-0.2, -0.15) is 0 Å². The first-order valence-corrected chi connectivity index (χ1v) is 6.06. The molecular formula is C13H20O5. The summed E-state index contributed by atoms with van der Waals surface area (Å²) in [6, 6.07) is 0. The lowest BCUT2D eigenvalue weighted by Gasteiger charge is -2.41. The Balaban J connectivity index is 2.17. The molecule has 0 saturated carbocycles. The van der Waals surface area contributed by atoms with Crippen LogP contribution in [0.4, 0.5) is 0 Å². The minimum atomic E-state index is -0.781. The van der Waals surface area contributed by atoms with Crippen molar-refractivity contribution in [3.8, 4) is 12.3 Å². The zero-order valence-corrected chi connectivity index (χ0v) is 11.2. The Labute approximate surface area is 107 Å². The van der Waals surface area contributed by atoms with Gasteiger partial charge in [0.05, 0.1) is 6.61 Å². The quantitative estimate of drug-likeness (QED) is 0.698. The van der Waals surface area contributed by atoms with Gasteiger partial charge in [-0.05, 0) is 27.7 Å². The summed E-state index contributed by atoms with van der Waals surface area (Å²) in [6.07, 6.45) is 3.07. The van der Waals surface area contributed by atoms with E-state index in [2.05, 4.69) is 5.92 Å². The summed E-state index contributed by atoms with van der Waals surface area (Å²) in [4.78, 5) is 0. The zero-order valence-electron chi connectivity index (χ0n) is 11.2. The lowest BCUT2D eigenvalue weighted by Crippen LogP contribution is -2.55. The number of ether oxygens (including phenoxy) is 4. The molecule has 0 amide bonds. The second-order valence-electron chi connectivity index (χ2n) is 5.55. The van der Waals surface area contributed by atoms with Crippen molar-refractivity contribution in [3.05, 3.63) is 0 Å². The molecule has 2 rings (SSSR count). The maximum Gasteiger partial charge on any atom is 0.165 e. The highest BCUT2D eigenvalue weighted by molar-refractivity contribution is 5.07. The summed E-state index contributed by atoms with van der Waals surface area (Å²) >= 11 is 0. The summed E-state index contributed by atoms with van der Waals surface area (Å²) in [6.45, 7) is 7.34. The van der Waals surface area contributed by atoms with E-state index in [0.29, 0.717) is 0 Å². The van der Waals surface area contributed by atoms with Gasteiger partial charge in [0.25, 0.3) is 0 Å². The SMILES string of the molecule is C#C[C@@H]1OC(C)(C)O[C@H]1[C@@H]1OC(C)(C)OC[C@H]1O. The molecule has 0 aliphatic carbocycles. The summed E-state index contributed by atoms with van der Waals surface area (Å²) in [5.41, 5.74) is 0. The fourth-order valence-corrected chi connectivity index (χ4v) is 2.27. The highest BCUT2D eigenvalue weighted by Gasteiger charge is 2.50. The van der Waals surface area contributed by atoms with Gasteiger partial charge in [0.1, 0.15) is 24.4 Å². The maximum absolute atomic E-state index is 9.99. The Morgan fingerprint density at radius 3 is 2.28 bits per heavy atom. The molecule has 0 bridgehead atoms. The molecule has 0 aromatic heterocycles. The van der Waals surface area contributed by atoms with Crippen LogP contribution in [-0.4, -0.2) is 47.7 Å². The summed E-state index contributed by atoms with van der Waals surface area (Å²) < 4.78 is 22.4. The second-order valence-corrected chi connectivity index (χ2v) is 5.55.